The van der Waals surface area contributed by atoms with E-state index in [1.165, 1.54) is 10.9 Å². The van der Waals surface area contributed by atoms with Gasteiger partial charge in [0.2, 0.25) is 0 Å². The van der Waals surface area contributed by atoms with Crippen LogP contribution < -0.4 is 5.32 Å². The molecule has 35 heavy (non-hydrogen) atoms. The van der Waals surface area contributed by atoms with Gasteiger partial charge in [0.25, 0.3) is 0 Å². The molecule has 0 spiro atoms. The summed E-state index contributed by atoms with van der Waals surface area (Å²) in [7, 11) is 0. The molecule has 0 saturated carbocycles. The second-order valence-electron chi connectivity index (χ2n) is 8.79. The molecule has 1 atom stereocenters. The second kappa shape index (κ2) is 10.6. The highest BCUT2D eigenvalue weighted by Crippen LogP contribution is 2.23. The van der Waals surface area contributed by atoms with Gasteiger partial charge in [0, 0.05) is 58.4 Å². The molecule has 5 rings (SSSR count). The fraction of sp³-hybridized carbons (Fsp3) is 0.167. The summed E-state index contributed by atoms with van der Waals surface area (Å²) in [6.07, 6.45) is 7.91. The maximum Gasteiger partial charge on any atom is 0.185 e. The predicted molar refractivity (Wildman–Crippen MR) is 143 cm³/mol. The van der Waals surface area contributed by atoms with E-state index in [2.05, 4.69) is 39.3 Å². The highest BCUT2D eigenvalue weighted by molar-refractivity contribution is 6.07. The van der Waals surface area contributed by atoms with Crippen molar-refractivity contribution in [3.8, 4) is 0 Å². The molecule has 0 aliphatic carbocycles. The Kier molecular flexibility index (Phi) is 6.89. The summed E-state index contributed by atoms with van der Waals surface area (Å²) in [5, 5.41) is 16.4. The van der Waals surface area contributed by atoms with Crippen molar-refractivity contribution in [1.29, 1.82) is 0 Å². The first-order chi connectivity index (χ1) is 17.2. The van der Waals surface area contributed by atoms with Crippen molar-refractivity contribution in [2.45, 2.75) is 19.1 Å². The predicted octanol–water partition coefficient (Wildman–Crippen LogP) is 5.21. The van der Waals surface area contributed by atoms with Crippen molar-refractivity contribution in [1.82, 2.24) is 14.9 Å². The highest BCUT2D eigenvalue weighted by atomic mass is 16.3. The van der Waals surface area contributed by atoms with Gasteiger partial charge in [0.1, 0.15) is 0 Å². The Hall–Kier alpha value is -3.93. The van der Waals surface area contributed by atoms with Crippen LogP contribution in [0.1, 0.15) is 21.5 Å². The molecule has 0 aliphatic heterocycles. The third-order valence-electron chi connectivity index (χ3n) is 6.33. The van der Waals surface area contributed by atoms with Gasteiger partial charge in [-0.1, -0.05) is 66.7 Å². The van der Waals surface area contributed by atoms with Crippen LogP contribution in [0.2, 0.25) is 0 Å². The number of aliphatic hydroxyl groups is 1. The molecule has 2 aromatic heterocycles. The molecule has 0 bridgehead atoms. The van der Waals surface area contributed by atoms with Gasteiger partial charge in [-0.25, -0.2) is 0 Å². The lowest BCUT2D eigenvalue weighted by molar-refractivity contribution is 0.104. The van der Waals surface area contributed by atoms with E-state index in [0.717, 1.165) is 34.9 Å². The molecule has 0 radical (unpaired) electrons. The Morgan fingerprint density at radius 2 is 1.71 bits per heavy atom. The Morgan fingerprint density at radius 1 is 0.971 bits per heavy atom. The number of ketones is 1. The fourth-order valence-corrected chi connectivity index (χ4v) is 4.54. The van der Waals surface area contributed by atoms with E-state index in [4.69, 9.17) is 0 Å². The van der Waals surface area contributed by atoms with Crippen molar-refractivity contribution in [3.63, 3.8) is 0 Å². The number of aromatic amines is 1. The smallest absolute Gasteiger partial charge is 0.185 e. The molecular weight excluding hydrogens is 434 g/mol. The maximum absolute atomic E-state index is 12.5. The number of fused-ring (bicyclic) bond motifs is 2. The van der Waals surface area contributed by atoms with Crippen molar-refractivity contribution in [2.75, 3.05) is 13.1 Å². The number of hydrogen-bond acceptors (Lipinski definition) is 3. The van der Waals surface area contributed by atoms with E-state index in [1.807, 2.05) is 72.9 Å². The van der Waals surface area contributed by atoms with Crippen molar-refractivity contribution in [3.05, 3.63) is 114 Å². The molecule has 5 nitrogen and oxygen atoms in total. The molecule has 2 heterocycles. The van der Waals surface area contributed by atoms with Gasteiger partial charge in [-0.15, -0.1) is 0 Å². The van der Waals surface area contributed by atoms with Crippen LogP contribution in [0.4, 0.5) is 0 Å². The third kappa shape index (κ3) is 5.27. The van der Waals surface area contributed by atoms with Crippen molar-refractivity contribution in [2.24, 2.45) is 0 Å². The van der Waals surface area contributed by atoms with Crippen LogP contribution in [0.3, 0.4) is 0 Å². The lowest BCUT2D eigenvalue weighted by Crippen LogP contribution is -2.31. The summed E-state index contributed by atoms with van der Waals surface area (Å²) < 4.78 is 2.06. The van der Waals surface area contributed by atoms with Crippen LogP contribution in [-0.2, 0) is 13.0 Å². The monoisotopic (exact) mass is 463 g/mol. The van der Waals surface area contributed by atoms with E-state index < -0.39 is 6.10 Å². The minimum absolute atomic E-state index is 0.0260. The average molecular weight is 464 g/mol. The zero-order valence-electron chi connectivity index (χ0n) is 19.5. The minimum Gasteiger partial charge on any atom is -0.390 e. The third-order valence-corrected chi connectivity index (χ3v) is 6.33. The zero-order chi connectivity index (χ0) is 24.0. The number of hydrogen-bond donors (Lipinski definition) is 3. The molecule has 3 N–H and O–H groups in total. The fourth-order valence-electron chi connectivity index (χ4n) is 4.54. The molecule has 5 aromatic rings. The SMILES string of the molecule is O=C(/C=C/c1cn(C[C@H](O)CNCCc2c[nH]c3ccccc23)c2ccccc12)c1ccccc1. The number of benzene rings is 3. The summed E-state index contributed by atoms with van der Waals surface area (Å²) in [5.74, 6) is -0.0260. The van der Waals surface area contributed by atoms with Crippen LogP contribution in [-0.4, -0.2) is 39.6 Å². The van der Waals surface area contributed by atoms with Gasteiger partial charge in [0.15, 0.2) is 5.78 Å². The number of carbonyl (C=O) groups is 1. The number of aliphatic hydroxyl groups excluding tert-OH is 1. The largest absolute Gasteiger partial charge is 0.390 e. The van der Waals surface area contributed by atoms with Crippen molar-refractivity contribution < 1.29 is 9.90 Å². The highest BCUT2D eigenvalue weighted by Gasteiger charge is 2.11. The summed E-state index contributed by atoms with van der Waals surface area (Å²) in [6.45, 7) is 1.77. The average Bonchev–Trinajstić information content (AvgIpc) is 3.47. The van der Waals surface area contributed by atoms with E-state index in [9.17, 15) is 9.90 Å². The molecule has 0 unspecified atom stereocenters. The Bertz CT molecular complexity index is 1460. The Balaban J connectivity index is 1.21. The van der Waals surface area contributed by atoms with Crippen LogP contribution in [0.5, 0.6) is 0 Å². The first-order valence-corrected chi connectivity index (χ1v) is 12.0. The second-order valence-corrected chi connectivity index (χ2v) is 8.79. The molecule has 0 saturated heterocycles. The van der Waals surface area contributed by atoms with Gasteiger partial charge in [-0.05, 0) is 42.8 Å². The number of allylic oxidation sites excluding steroid dienone is 1. The number of rotatable bonds is 10. The quantitative estimate of drug-likeness (QED) is 0.151. The van der Waals surface area contributed by atoms with E-state index in [0.29, 0.717) is 18.7 Å². The summed E-state index contributed by atoms with van der Waals surface area (Å²) in [6, 6.07) is 25.6. The van der Waals surface area contributed by atoms with Gasteiger partial charge in [-0.2, -0.15) is 0 Å². The van der Waals surface area contributed by atoms with Crippen LogP contribution in [0, 0.1) is 0 Å². The molecule has 0 fully saturated rings. The minimum atomic E-state index is -0.531. The van der Waals surface area contributed by atoms with Crippen LogP contribution in [0.25, 0.3) is 27.9 Å². The summed E-state index contributed by atoms with van der Waals surface area (Å²) in [4.78, 5) is 15.8. The lowest BCUT2D eigenvalue weighted by atomic mass is 10.1. The van der Waals surface area contributed by atoms with Gasteiger partial charge < -0.3 is 20.0 Å². The molecule has 0 amide bonds. The number of aromatic nitrogens is 2. The topological polar surface area (TPSA) is 70.1 Å². The molecule has 176 valence electrons. The van der Waals surface area contributed by atoms with Crippen molar-refractivity contribution >= 4 is 33.7 Å². The van der Waals surface area contributed by atoms with Crippen LogP contribution >= 0.6 is 0 Å². The molecule has 3 aromatic carbocycles. The summed E-state index contributed by atoms with van der Waals surface area (Å²) in [5.41, 5.74) is 5.10. The van der Waals surface area contributed by atoms with Gasteiger partial charge >= 0.3 is 0 Å². The Morgan fingerprint density at radius 3 is 2.57 bits per heavy atom. The number of para-hydroxylation sites is 2. The van der Waals surface area contributed by atoms with Gasteiger partial charge in [-0.3, -0.25) is 4.79 Å². The standard InChI is InChI=1S/C30H29N3O2/c34-25(19-31-17-16-23-18-32-28-12-6-4-10-26(23)28)21-33-20-24(27-11-5-7-13-29(27)33)14-15-30(35)22-8-2-1-3-9-22/h1-15,18,20,25,31-32,34H,16-17,19,21H2/b15-14+/t25-/m1/s1. The first kappa shape index (κ1) is 22.8. The van der Waals surface area contributed by atoms with Gasteiger partial charge in [0.05, 0.1) is 6.10 Å². The zero-order valence-corrected chi connectivity index (χ0v) is 19.5. The molecule has 5 heteroatoms. The van der Waals surface area contributed by atoms with E-state index in [1.54, 1.807) is 6.08 Å². The summed E-state index contributed by atoms with van der Waals surface area (Å²) >= 11 is 0. The lowest BCUT2D eigenvalue weighted by Gasteiger charge is -2.13. The molecular formula is C30H29N3O2. The van der Waals surface area contributed by atoms with Crippen LogP contribution in [0.15, 0.2) is 97.3 Å². The van der Waals surface area contributed by atoms with E-state index >= 15 is 0 Å². The number of H-pyrrole nitrogens is 1. The first-order valence-electron chi connectivity index (χ1n) is 12.0. The van der Waals surface area contributed by atoms with E-state index in [-0.39, 0.29) is 5.78 Å². The normalized spacial score (nSPS) is 12.6. The number of nitrogens with one attached hydrogen (secondary N) is 2. The number of carbonyl (C=O) groups excluding carboxylic acids is 1. The molecule has 0 aliphatic rings. The maximum atomic E-state index is 12.5. The Labute approximate surface area is 204 Å². The number of nitrogens with zero attached hydrogens (tertiary/aromatic N) is 1.